The van der Waals surface area contributed by atoms with Crippen LogP contribution in [0.15, 0.2) is 49.3 Å². The van der Waals surface area contributed by atoms with Crippen LogP contribution in [-0.4, -0.2) is 73.6 Å². The Morgan fingerprint density at radius 3 is 2.66 bits per heavy atom. The molecule has 32 heavy (non-hydrogen) atoms. The number of aromatic amines is 1. The third-order valence-corrected chi connectivity index (χ3v) is 5.56. The first kappa shape index (κ1) is 20.6. The summed E-state index contributed by atoms with van der Waals surface area (Å²) in [5.41, 5.74) is 3.16. The van der Waals surface area contributed by atoms with E-state index in [1.54, 1.807) is 35.9 Å². The number of pyridine rings is 2. The molecule has 1 N–H and O–H groups in total. The number of morpholine rings is 1. The molecule has 4 aromatic rings. The van der Waals surface area contributed by atoms with Crippen molar-refractivity contribution in [3.63, 3.8) is 0 Å². The van der Waals surface area contributed by atoms with E-state index in [1.807, 2.05) is 6.07 Å². The van der Waals surface area contributed by atoms with Crippen molar-refractivity contribution >= 4 is 11.2 Å². The molecule has 11 heteroatoms. The number of ether oxygens (including phenoxy) is 1. The number of imidazole rings is 1. The van der Waals surface area contributed by atoms with E-state index >= 15 is 0 Å². The third-order valence-electron chi connectivity index (χ3n) is 5.56. The predicted molar refractivity (Wildman–Crippen MR) is 110 cm³/mol. The van der Waals surface area contributed by atoms with E-state index in [2.05, 4.69) is 25.0 Å². The Kier molecular flexibility index (Phi) is 5.35. The average molecular weight is 443 g/mol. The van der Waals surface area contributed by atoms with Crippen LogP contribution in [0.3, 0.4) is 0 Å². The molecule has 4 aromatic heterocycles. The van der Waals surface area contributed by atoms with Crippen molar-refractivity contribution < 1.29 is 17.9 Å². The molecule has 0 saturated carbocycles. The second kappa shape index (κ2) is 8.32. The summed E-state index contributed by atoms with van der Waals surface area (Å²) in [5.74, 6) is -1.18. The number of halogens is 3. The first-order valence-corrected chi connectivity index (χ1v) is 10.2. The summed E-state index contributed by atoms with van der Waals surface area (Å²) in [5, 5.41) is 4.32. The van der Waals surface area contributed by atoms with E-state index in [-0.39, 0.29) is 12.1 Å². The fourth-order valence-corrected chi connectivity index (χ4v) is 3.85. The molecule has 1 atom stereocenters. The van der Waals surface area contributed by atoms with Crippen molar-refractivity contribution in [2.45, 2.75) is 12.1 Å². The molecular formula is C21H20F3N7O. The molecule has 1 aliphatic rings. The second-order valence-corrected chi connectivity index (χ2v) is 7.59. The van der Waals surface area contributed by atoms with Crippen LogP contribution < -0.4 is 0 Å². The van der Waals surface area contributed by atoms with Crippen LogP contribution in [0.2, 0.25) is 0 Å². The van der Waals surface area contributed by atoms with Crippen LogP contribution in [-0.2, 0) is 4.74 Å². The normalized spacial score (nSPS) is 16.5. The zero-order valence-corrected chi connectivity index (χ0v) is 17.0. The van der Waals surface area contributed by atoms with E-state index in [4.69, 9.17) is 4.74 Å². The monoisotopic (exact) mass is 443 g/mol. The van der Waals surface area contributed by atoms with Crippen LogP contribution in [0.1, 0.15) is 11.5 Å². The summed E-state index contributed by atoms with van der Waals surface area (Å²) in [4.78, 5) is 17.5. The van der Waals surface area contributed by atoms with E-state index in [1.165, 1.54) is 16.9 Å². The summed E-state index contributed by atoms with van der Waals surface area (Å²) in [6.07, 6.45) is 3.59. The van der Waals surface area contributed by atoms with Gasteiger partial charge in [0.2, 0.25) is 0 Å². The minimum Gasteiger partial charge on any atom is -0.379 e. The Balaban J connectivity index is 1.39. The summed E-state index contributed by atoms with van der Waals surface area (Å²) in [7, 11) is 0. The lowest BCUT2D eigenvalue weighted by Gasteiger charge is -2.31. The lowest BCUT2D eigenvalue weighted by molar-refractivity contribution is -0.156. The molecule has 5 heterocycles. The average Bonchev–Trinajstić information content (AvgIpc) is 3.47. The molecule has 8 nitrogen and oxygen atoms in total. The number of aromatic nitrogens is 6. The van der Waals surface area contributed by atoms with Gasteiger partial charge in [-0.2, -0.15) is 18.3 Å². The quantitative estimate of drug-likeness (QED) is 0.510. The highest BCUT2D eigenvalue weighted by Crippen LogP contribution is 2.35. The summed E-state index contributed by atoms with van der Waals surface area (Å²) in [6, 6.07) is 4.86. The number of hydrogen-bond donors (Lipinski definition) is 1. The van der Waals surface area contributed by atoms with Gasteiger partial charge in [-0.3, -0.25) is 4.90 Å². The molecule has 0 amide bonds. The number of fused-ring (bicyclic) bond motifs is 1. The third kappa shape index (κ3) is 4.08. The topological polar surface area (TPSA) is 84.8 Å². The molecular weight excluding hydrogens is 423 g/mol. The summed E-state index contributed by atoms with van der Waals surface area (Å²) >= 11 is 0. The van der Waals surface area contributed by atoms with Crippen molar-refractivity contribution in [3.8, 4) is 16.9 Å². The Labute approximate surface area is 181 Å². The molecule has 0 aromatic carbocycles. The molecule has 1 fully saturated rings. The van der Waals surface area contributed by atoms with Gasteiger partial charge in [-0.05, 0) is 17.7 Å². The van der Waals surface area contributed by atoms with Crippen molar-refractivity contribution in [2.24, 2.45) is 0 Å². The first-order chi connectivity index (χ1) is 15.5. The highest BCUT2D eigenvalue weighted by atomic mass is 19.4. The number of H-pyrrole nitrogens is 1. The van der Waals surface area contributed by atoms with Crippen LogP contribution in [0.5, 0.6) is 0 Å². The van der Waals surface area contributed by atoms with Crippen molar-refractivity contribution in [1.29, 1.82) is 0 Å². The molecule has 0 aliphatic carbocycles. The highest BCUT2D eigenvalue weighted by Gasteiger charge is 2.42. The number of nitrogens with one attached hydrogen (secondary N) is 1. The maximum Gasteiger partial charge on any atom is 0.397 e. The zero-order valence-electron chi connectivity index (χ0n) is 17.0. The summed E-state index contributed by atoms with van der Waals surface area (Å²) in [6.45, 7) is 1.78. The minimum atomic E-state index is -4.36. The smallest absolute Gasteiger partial charge is 0.379 e. The Morgan fingerprint density at radius 2 is 1.91 bits per heavy atom. The van der Waals surface area contributed by atoms with Gasteiger partial charge in [-0.15, -0.1) is 0 Å². The van der Waals surface area contributed by atoms with E-state index in [0.29, 0.717) is 43.3 Å². The van der Waals surface area contributed by atoms with Gasteiger partial charge < -0.3 is 9.72 Å². The Morgan fingerprint density at radius 1 is 1.06 bits per heavy atom. The fourth-order valence-electron chi connectivity index (χ4n) is 3.85. The first-order valence-electron chi connectivity index (χ1n) is 10.2. The number of rotatable bonds is 5. The highest BCUT2D eigenvalue weighted by molar-refractivity contribution is 5.88. The van der Waals surface area contributed by atoms with Crippen LogP contribution in [0.4, 0.5) is 13.2 Å². The van der Waals surface area contributed by atoms with Crippen molar-refractivity contribution in [1.82, 2.24) is 34.6 Å². The molecule has 166 valence electrons. The summed E-state index contributed by atoms with van der Waals surface area (Å²) < 4.78 is 48.0. The zero-order chi connectivity index (χ0) is 22.1. The Hall–Kier alpha value is -3.31. The van der Waals surface area contributed by atoms with Gasteiger partial charge in [-0.25, -0.2) is 19.6 Å². The van der Waals surface area contributed by atoms with Gasteiger partial charge >= 0.3 is 6.18 Å². The number of alkyl halides is 3. The molecule has 0 bridgehead atoms. The molecule has 1 aliphatic heterocycles. The number of hydrogen-bond acceptors (Lipinski definition) is 6. The largest absolute Gasteiger partial charge is 0.397 e. The van der Waals surface area contributed by atoms with Gasteiger partial charge in [0.05, 0.1) is 31.7 Å². The van der Waals surface area contributed by atoms with Crippen molar-refractivity contribution in [2.75, 3.05) is 32.8 Å². The van der Waals surface area contributed by atoms with Gasteiger partial charge in [0, 0.05) is 49.4 Å². The Bertz CT molecular complexity index is 1200. The molecule has 1 saturated heterocycles. The van der Waals surface area contributed by atoms with Crippen LogP contribution in [0, 0.1) is 0 Å². The lowest BCUT2D eigenvalue weighted by atomic mass is 9.99. The van der Waals surface area contributed by atoms with Gasteiger partial charge in [0.15, 0.2) is 11.5 Å². The van der Waals surface area contributed by atoms with Gasteiger partial charge in [-0.1, -0.05) is 6.07 Å². The number of nitrogens with zero attached hydrogens (tertiary/aromatic N) is 6. The molecule has 5 rings (SSSR count). The molecule has 0 spiro atoms. The second-order valence-electron chi connectivity index (χ2n) is 7.59. The van der Waals surface area contributed by atoms with E-state index in [9.17, 15) is 13.2 Å². The maximum absolute atomic E-state index is 13.8. The van der Waals surface area contributed by atoms with Gasteiger partial charge in [0.25, 0.3) is 0 Å². The van der Waals surface area contributed by atoms with E-state index in [0.717, 1.165) is 11.1 Å². The molecule has 1 unspecified atom stereocenters. The lowest BCUT2D eigenvalue weighted by Crippen LogP contribution is -2.41. The van der Waals surface area contributed by atoms with Gasteiger partial charge in [0.1, 0.15) is 5.52 Å². The maximum atomic E-state index is 13.8. The standard InChI is InChI=1S/C21H20F3N7O/c22-21(23,24)17(12-30-5-7-32-8-6-30)14-1-2-18(26-9-14)31-11-15(10-29-31)16-3-4-25-20-19(16)27-13-28-20/h1-4,9-11,13,17H,5-8,12H2,(H,25,27,28). The SMILES string of the molecule is FC(F)(F)C(CN1CCOCC1)c1ccc(-n2cc(-c3ccnc4[nH]cnc34)cn2)nc1. The minimum absolute atomic E-state index is 0.110. The van der Waals surface area contributed by atoms with Crippen LogP contribution in [0.25, 0.3) is 28.1 Å². The van der Waals surface area contributed by atoms with Crippen LogP contribution >= 0.6 is 0 Å². The fraction of sp³-hybridized carbons (Fsp3) is 0.333. The molecule has 0 radical (unpaired) electrons. The predicted octanol–water partition coefficient (Wildman–Crippen LogP) is 3.18. The van der Waals surface area contributed by atoms with E-state index < -0.39 is 12.1 Å². The van der Waals surface area contributed by atoms with Crippen molar-refractivity contribution in [3.05, 3.63) is 54.9 Å².